The van der Waals surface area contributed by atoms with Crippen LogP contribution in [0.4, 0.5) is 0 Å². The molecule has 1 rings (SSSR count). The minimum Gasteiger partial charge on any atom is -0.481 e. The van der Waals surface area contributed by atoms with Crippen molar-refractivity contribution in [3.63, 3.8) is 0 Å². The zero-order valence-corrected chi connectivity index (χ0v) is 10.4. The molecule has 0 saturated heterocycles. The first-order chi connectivity index (χ1) is 6.58. The molecule has 0 saturated carbocycles. The third-order valence-corrected chi connectivity index (χ3v) is 2.32. The molecule has 0 aliphatic rings. The average molecular weight is 295 g/mol. The third kappa shape index (κ3) is 5.77. The van der Waals surface area contributed by atoms with Crippen LogP contribution in [-0.2, 0) is 11.2 Å². The Morgan fingerprint density at radius 2 is 2.20 bits per heavy atom. The molecule has 0 radical (unpaired) electrons. The molecule has 0 heterocycles. The van der Waals surface area contributed by atoms with Crippen LogP contribution in [0.3, 0.4) is 0 Å². The van der Waals surface area contributed by atoms with Crippen LogP contribution in [0.25, 0.3) is 0 Å². The number of aliphatic carboxylic acids is 1. The molecular formula is C10H13BrClNO2. The molecule has 0 amide bonds. The van der Waals surface area contributed by atoms with Crippen molar-refractivity contribution < 1.29 is 9.90 Å². The lowest BCUT2D eigenvalue weighted by Gasteiger charge is -2.08. The number of nitrogens with two attached hydrogens (primary N) is 1. The molecule has 15 heavy (non-hydrogen) atoms. The van der Waals surface area contributed by atoms with Gasteiger partial charge in [0.15, 0.2) is 0 Å². The van der Waals surface area contributed by atoms with E-state index in [2.05, 4.69) is 15.9 Å². The second-order valence-corrected chi connectivity index (χ2v) is 4.11. The number of hydrogen-bond donors (Lipinski definition) is 2. The molecule has 0 unspecified atom stereocenters. The fourth-order valence-corrected chi connectivity index (χ4v) is 1.71. The lowest BCUT2D eigenvalue weighted by molar-refractivity contribution is -0.137. The molecule has 0 spiro atoms. The van der Waals surface area contributed by atoms with E-state index in [0.29, 0.717) is 6.42 Å². The molecule has 0 aliphatic carbocycles. The van der Waals surface area contributed by atoms with Crippen molar-refractivity contribution in [1.82, 2.24) is 0 Å². The summed E-state index contributed by atoms with van der Waals surface area (Å²) in [5, 5.41) is 8.53. The minimum absolute atomic E-state index is 0. The first-order valence-corrected chi connectivity index (χ1v) is 5.09. The van der Waals surface area contributed by atoms with E-state index < -0.39 is 5.97 Å². The smallest absolute Gasteiger partial charge is 0.304 e. The van der Waals surface area contributed by atoms with Gasteiger partial charge in [-0.3, -0.25) is 4.79 Å². The third-order valence-electron chi connectivity index (χ3n) is 1.82. The summed E-state index contributed by atoms with van der Waals surface area (Å²) >= 11 is 3.35. The number of benzene rings is 1. The number of carboxylic acid groups (broad SMARTS) is 1. The fraction of sp³-hybridized carbons (Fsp3) is 0.300. The Bertz CT molecular complexity index is 333. The predicted molar refractivity (Wildman–Crippen MR) is 65.3 cm³/mol. The van der Waals surface area contributed by atoms with E-state index >= 15 is 0 Å². The number of hydrogen-bond acceptors (Lipinski definition) is 2. The average Bonchev–Trinajstić information content (AvgIpc) is 2.01. The molecule has 3 nitrogen and oxygen atoms in total. The first-order valence-electron chi connectivity index (χ1n) is 4.30. The number of rotatable bonds is 4. The molecule has 3 N–H and O–H groups in total. The van der Waals surface area contributed by atoms with Gasteiger partial charge in [-0.2, -0.15) is 0 Å². The van der Waals surface area contributed by atoms with Crippen LogP contribution in [0.1, 0.15) is 12.0 Å². The van der Waals surface area contributed by atoms with E-state index in [9.17, 15) is 4.79 Å². The van der Waals surface area contributed by atoms with Gasteiger partial charge in [-0.05, 0) is 24.1 Å². The van der Waals surface area contributed by atoms with E-state index in [1.807, 2.05) is 24.3 Å². The van der Waals surface area contributed by atoms with Crippen molar-refractivity contribution in [2.24, 2.45) is 5.73 Å². The summed E-state index contributed by atoms with van der Waals surface area (Å²) in [5.74, 6) is -0.854. The highest BCUT2D eigenvalue weighted by molar-refractivity contribution is 9.10. The van der Waals surface area contributed by atoms with Gasteiger partial charge in [-0.1, -0.05) is 28.1 Å². The van der Waals surface area contributed by atoms with Crippen molar-refractivity contribution in [2.75, 3.05) is 0 Å². The maximum absolute atomic E-state index is 10.4. The van der Waals surface area contributed by atoms with E-state index in [-0.39, 0.29) is 24.9 Å². The van der Waals surface area contributed by atoms with Crippen LogP contribution in [0.5, 0.6) is 0 Å². The van der Waals surface area contributed by atoms with Gasteiger partial charge in [-0.15, -0.1) is 12.4 Å². The molecule has 0 aliphatic heterocycles. The van der Waals surface area contributed by atoms with Gasteiger partial charge in [-0.25, -0.2) is 0 Å². The summed E-state index contributed by atoms with van der Waals surface area (Å²) in [6.07, 6.45) is 0.595. The molecule has 1 aromatic carbocycles. The zero-order chi connectivity index (χ0) is 10.6. The van der Waals surface area contributed by atoms with Crippen molar-refractivity contribution >= 4 is 34.3 Å². The molecule has 0 bridgehead atoms. The van der Waals surface area contributed by atoms with Crippen LogP contribution < -0.4 is 5.73 Å². The maximum atomic E-state index is 10.4. The molecule has 0 aromatic heterocycles. The Hall–Kier alpha value is -0.580. The number of carbonyl (C=O) groups is 1. The molecular weight excluding hydrogens is 281 g/mol. The lowest BCUT2D eigenvalue weighted by Crippen LogP contribution is -2.26. The van der Waals surface area contributed by atoms with Gasteiger partial charge in [0, 0.05) is 10.5 Å². The van der Waals surface area contributed by atoms with Gasteiger partial charge in [0.05, 0.1) is 6.42 Å². The van der Waals surface area contributed by atoms with Gasteiger partial charge in [0.25, 0.3) is 0 Å². The van der Waals surface area contributed by atoms with Crippen LogP contribution in [0.2, 0.25) is 0 Å². The lowest BCUT2D eigenvalue weighted by atomic mass is 10.0. The Labute approximate surface area is 103 Å². The summed E-state index contributed by atoms with van der Waals surface area (Å²) in [6, 6.07) is 7.40. The van der Waals surface area contributed by atoms with Crippen LogP contribution in [0, 0.1) is 0 Å². The molecule has 1 atom stereocenters. The van der Waals surface area contributed by atoms with Gasteiger partial charge in [0.2, 0.25) is 0 Å². The summed E-state index contributed by atoms with van der Waals surface area (Å²) < 4.78 is 0.984. The summed E-state index contributed by atoms with van der Waals surface area (Å²) in [7, 11) is 0. The summed E-state index contributed by atoms with van der Waals surface area (Å²) in [5.41, 5.74) is 6.71. The van der Waals surface area contributed by atoms with Crippen LogP contribution in [-0.4, -0.2) is 17.1 Å². The highest BCUT2D eigenvalue weighted by Gasteiger charge is 2.08. The number of halogens is 2. The molecule has 1 aromatic rings. The van der Waals surface area contributed by atoms with Crippen LogP contribution in [0.15, 0.2) is 28.7 Å². The van der Waals surface area contributed by atoms with E-state index in [4.69, 9.17) is 10.8 Å². The highest BCUT2D eigenvalue weighted by atomic mass is 79.9. The Morgan fingerprint density at radius 3 is 2.73 bits per heavy atom. The Kier molecular flexibility index (Phi) is 6.56. The standard InChI is InChI=1S/C10H12BrNO2.ClH/c11-8-3-1-2-7(4-8)5-9(12)6-10(13)14;/h1-4,9H,5-6,12H2,(H,13,14);1H/t9-;/m0./s1. The zero-order valence-electron chi connectivity index (χ0n) is 8.02. The van der Waals surface area contributed by atoms with Crippen molar-refractivity contribution in [3.8, 4) is 0 Å². The number of carboxylic acids is 1. The van der Waals surface area contributed by atoms with Crippen molar-refractivity contribution in [3.05, 3.63) is 34.3 Å². The largest absolute Gasteiger partial charge is 0.481 e. The first kappa shape index (κ1) is 14.4. The van der Waals surface area contributed by atoms with Gasteiger partial charge in [0.1, 0.15) is 0 Å². The predicted octanol–water partition coefficient (Wildman–Crippen LogP) is 2.22. The molecule has 84 valence electrons. The summed E-state index contributed by atoms with van der Waals surface area (Å²) in [4.78, 5) is 10.4. The minimum atomic E-state index is -0.854. The van der Waals surface area contributed by atoms with Gasteiger partial charge < -0.3 is 10.8 Å². The monoisotopic (exact) mass is 293 g/mol. The topological polar surface area (TPSA) is 63.3 Å². The quantitative estimate of drug-likeness (QED) is 0.895. The normalized spacial score (nSPS) is 11.6. The summed E-state index contributed by atoms with van der Waals surface area (Å²) in [6.45, 7) is 0. The van der Waals surface area contributed by atoms with Crippen molar-refractivity contribution in [1.29, 1.82) is 0 Å². The van der Waals surface area contributed by atoms with Gasteiger partial charge >= 0.3 is 5.97 Å². The fourth-order valence-electron chi connectivity index (χ4n) is 1.26. The highest BCUT2D eigenvalue weighted by Crippen LogP contribution is 2.13. The van der Waals surface area contributed by atoms with E-state index in [0.717, 1.165) is 10.0 Å². The maximum Gasteiger partial charge on any atom is 0.304 e. The Balaban J connectivity index is 0.00000196. The molecule has 0 fully saturated rings. The second kappa shape index (κ2) is 6.82. The van der Waals surface area contributed by atoms with E-state index in [1.54, 1.807) is 0 Å². The SMILES string of the molecule is Cl.N[C@H](CC(=O)O)Cc1cccc(Br)c1. The van der Waals surface area contributed by atoms with E-state index in [1.165, 1.54) is 0 Å². The van der Waals surface area contributed by atoms with Crippen molar-refractivity contribution in [2.45, 2.75) is 18.9 Å². The molecule has 5 heteroatoms. The second-order valence-electron chi connectivity index (χ2n) is 3.19. The Morgan fingerprint density at radius 1 is 1.53 bits per heavy atom. The van der Waals surface area contributed by atoms with Crippen LogP contribution >= 0.6 is 28.3 Å².